The molecular weight excluding hydrogens is 538 g/mol. The molecule has 6 rings (SSSR count). The first-order valence-corrected chi connectivity index (χ1v) is 14.5. The van der Waals surface area contributed by atoms with Crippen LogP contribution in [0.4, 0.5) is 5.69 Å². The molecule has 3 heterocycles. The van der Waals surface area contributed by atoms with Gasteiger partial charge >= 0.3 is 5.97 Å². The number of rotatable bonds is 6. The number of allylic oxidation sites excluding steroid dienone is 1. The maximum atomic E-state index is 14.1. The molecule has 2 aliphatic rings. The van der Waals surface area contributed by atoms with Crippen LogP contribution >= 0.6 is 11.3 Å². The number of methoxy groups -OCH3 is 1. The predicted molar refractivity (Wildman–Crippen MR) is 160 cm³/mol. The minimum Gasteiger partial charge on any atom is -0.496 e. The lowest BCUT2D eigenvalue weighted by Gasteiger charge is -2.28. The van der Waals surface area contributed by atoms with Gasteiger partial charge < -0.3 is 19.1 Å². The fraction of sp³-hybridized carbons (Fsp3) is 0.281. The molecule has 210 valence electrons. The lowest BCUT2D eigenvalue weighted by Crippen LogP contribution is -2.40. The van der Waals surface area contributed by atoms with Crippen molar-refractivity contribution in [1.29, 1.82) is 0 Å². The summed E-state index contributed by atoms with van der Waals surface area (Å²) in [6, 6.07) is 19.1. The van der Waals surface area contributed by atoms with E-state index in [0.717, 1.165) is 53.9 Å². The topological polar surface area (TPSA) is 82.4 Å². The molecule has 0 bridgehead atoms. The van der Waals surface area contributed by atoms with Gasteiger partial charge in [0.25, 0.3) is 5.56 Å². The molecule has 0 saturated carbocycles. The molecule has 2 aliphatic heterocycles. The summed E-state index contributed by atoms with van der Waals surface area (Å²) >= 11 is 1.31. The summed E-state index contributed by atoms with van der Waals surface area (Å²) in [6.45, 7) is 6.92. The molecule has 0 amide bonds. The molecule has 4 aromatic rings. The molecule has 0 radical (unpaired) electrons. The van der Waals surface area contributed by atoms with Gasteiger partial charge in [-0.15, -0.1) is 0 Å². The zero-order valence-electron chi connectivity index (χ0n) is 23.3. The third-order valence-corrected chi connectivity index (χ3v) is 8.49. The van der Waals surface area contributed by atoms with Crippen molar-refractivity contribution in [3.8, 4) is 5.75 Å². The molecular formula is C32H31N3O5S. The summed E-state index contributed by atoms with van der Waals surface area (Å²) in [5.74, 6) is 0.0835. The van der Waals surface area contributed by atoms with Gasteiger partial charge in [-0.05, 0) is 54.5 Å². The van der Waals surface area contributed by atoms with Gasteiger partial charge in [0.1, 0.15) is 11.8 Å². The summed E-state index contributed by atoms with van der Waals surface area (Å²) in [7, 11) is 1.60. The first-order valence-electron chi connectivity index (χ1n) is 13.7. The predicted octanol–water partition coefficient (Wildman–Crippen LogP) is 3.80. The fourth-order valence-electron chi connectivity index (χ4n) is 5.55. The molecule has 0 unspecified atom stereocenters. The molecule has 0 aliphatic carbocycles. The van der Waals surface area contributed by atoms with Crippen LogP contribution in [-0.2, 0) is 14.3 Å². The Hall–Kier alpha value is -4.21. The van der Waals surface area contributed by atoms with E-state index in [9.17, 15) is 9.59 Å². The number of ether oxygens (including phenoxy) is 3. The summed E-state index contributed by atoms with van der Waals surface area (Å²) < 4.78 is 18.9. The highest BCUT2D eigenvalue weighted by molar-refractivity contribution is 7.07. The second-order valence-electron chi connectivity index (χ2n) is 9.90. The highest BCUT2D eigenvalue weighted by Crippen LogP contribution is 2.40. The third-order valence-electron chi connectivity index (χ3n) is 7.51. The van der Waals surface area contributed by atoms with E-state index in [4.69, 9.17) is 19.2 Å². The Bertz CT molecular complexity index is 1830. The van der Waals surface area contributed by atoms with Crippen molar-refractivity contribution in [2.24, 2.45) is 4.99 Å². The molecule has 3 aromatic carbocycles. The van der Waals surface area contributed by atoms with Crippen molar-refractivity contribution >= 4 is 39.8 Å². The molecule has 0 spiro atoms. The van der Waals surface area contributed by atoms with E-state index < -0.39 is 12.0 Å². The van der Waals surface area contributed by atoms with Crippen LogP contribution < -0.4 is 24.5 Å². The third kappa shape index (κ3) is 4.96. The van der Waals surface area contributed by atoms with Gasteiger partial charge in [-0.3, -0.25) is 9.36 Å². The Kier molecular flexibility index (Phi) is 7.47. The molecule has 8 nitrogen and oxygen atoms in total. The summed E-state index contributed by atoms with van der Waals surface area (Å²) in [5.41, 5.74) is 3.39. The highest BCUT2D eigenvalue weighted by Gasteiger charge is 2.36. The summed E-state index contributed by atoms with van der Waals surface area (Å²) in [5, 5.41) is 1.87. The number of hydrogen-bond donors (Lipinski definition) is 0. The second-order valence-corrected chi connectivity index (χ2v) is 10.9. The number of anilines is 1. The van der Waals surface area contributed by atoms with E-state index in [1.54, 1.807) is 25.5 Å². The van der Waals surface area contributed by atoms with Crippen LogP contribution in [0.15, 0.2) is 81.7 Å². The number of thiazole rings is 1. The van der Waals surface area contributed by atoms with E-state index in [1.165, 1.54) is 11.3 Å². The van der Waals surface area contributed by atoms with Gasteiger partial charge in [0.2, 0.25) is 0 Å². The Morgan fingerprint density at radius 2 is 1.85 bits per heavy atom. The first kappa shape index (κ1) is 27.0. The van der Waals surface area contributed by atoms with E-state index in [2.05, 4.69) is 17.0 Å². The van der Waals surface area contributed by atoms with Crippen molar-refractivity contribution in [2.45, 2.75) is 19.9 Å². The normalized spacial score (nSPS) is 17.4. The van der Waals surface area contributed by atoms with Crippen LogP contribution in [0.3, 0.4) is 0 Å². The number of hydrogen-bond acceptors (Lipinski definition) is 8. The maximum absolute atomic E-state index is 14.1. The van der Waals surface area contributed by atoms with Gasteiger partial charge in [-0.1, -0.05) is 53.8 Å². The average molecular weight is 570 g/mol. The van der Waals surface area contributed by atoms with Crippen LogP contribution in [0.2, 0.25) is 0 Å². The second kappa shape index (κ2) is 11.3. The number of aromatic nitrogens is 1. The molecule has 0 N–H and O–H groups in total. The van der Waals surface area contributed by atoms with Gasteiger partial charge in [-0.2, -0.15) is 0 Å². The Morgan fingerprint density at radius 1 is 1.10 bits per heavy atom. The Balaban J connectivity index is 1.53. The summed E-state index contributed by atoms with van der Waals surface area (Å²) in [6.07, 6.45) is 1.88. The number of carbonyl (C=O) groups is 1. The smallest absolute Gasteiger partial charge is 0.338 e. The number of nitrogens with zero attached hydrogens (tertiary/aromatic N) is 3. The fourth-order valence-corrected chi connectivity index (χ4v) is 6.60. The van der Waals surface area contributed by atoms with Crippen molar-refractivity contribution in [3.63, 3.8) is 0 Å². The number of carbonyl (C=O) groups excluding carboxylic acids is 1. The number of fused-ring (bicyclic) bond motifs is 2. The van der Waals surface area contributed by atoms with Crippen LogP contribution in [-0.4, -0.2) is 50.6 Å². The quantitative estimate of drug-likeness (QED) is 0.329. The molecule has 41 heavy (non-hydrogen) atoms. The Labute approximate surface area is 241 Å². The minimum atomic E-state index is -0.766. The van der Waals surface area contributed by atoms with Crippen LogP contribution in [0, 0.1) is 0 Å². The number of esters is 1. The van der Waals surface area contributed by atoms with E-state index >= 15 is 0 Å². The standard InChI is InChI=1S/C32H31N3O5S/c1-4-40-31(37)27-20(2)33-32-35(29(27)28-24-8-6-5-7-22(24)11-14-25(28)38-3)30(36)26(41-32)19-21-9-12-23(13-10-21)34-15-17-39-18-16-34/h5-14,19,29H,4,15-18H2,1-3H3/b26-19+/t29-/m0/s1. The van der Waals surface area contributed by atoms with Gasteiger partial charge in [0.05, 0.1) is 42.7 Å². The van der Waals surface area contributed by atoms with Gasteiger partial charge in [0, 0.05) is 24.3 Å². The molecule has 1 fully saturated rings. The molecule has 1 atom stereocenters. The van der Waals surface area contributed by atoms with Crippen LogP contribution in [0.25, 0.3) is 16.8 Å². The Morgan fingerprint density at radius 3 is 2.59 bits per heavy atom. The molecule has 9 heteroatoms. The van der Waals surface area contributed by atoms with Crippen molar-refractivity contribution in [2.75, 3.05) is 44.9 Å². The molecule has 1 aromatic heterocycles. The summed E-state index contributed by atoms with van der Waals surface area (Å²) in [4.78, 5) is 35.1. The zero-order valence-corrected chi connectivity index (χ0v) is 24.1. The van der Waals surface area contributed by atoms with Gasteiger partial charge in [-0.25, -0.2) is 9.79 Å². The van der Waals surface area contributed by atoms with E-state index in [1.807, 2.05) is 54.6 Å². The van der Waals surface area contributed by atoms with E-state index in [0.29, 0.717) is 26.4 Å². The first-order chi connectivity index (χ1) is 20.0. The number of morpholine rings is 1. The van der Waals surface area contributed by atoms with Crippen molar-refractivity contribution < 1.29 is 19.0 Å². The van der Waals surface area contributed by atoms with Crippen LogP contribution in [0.5, 0.6) is 5.75 Å². The lowest BCUT2D eigenvalue weighted by molar-refractivity contribution is -0.139. The van der Waals surface area contributed by atoms with E-state index in [-0.39, 0.29) is 12.2 Å². The average Bonchev–Trinajstić information content (AvgIpc) is 3.30. The maximum Gasteiger partial charge on any atom is 0.338 e. The zero-order chi connectivity index (χ0) is 28.5. The number of benzene rings is 3. The lowest BCUT2D eigenvalue weighted by atomic mass is 9.90. The van der Waals surface area contributed by atoms with Crippen molar-refractivity contribution in [3.05, 3.63) is 103 Å². The van der Waals surface area contributed by atoms with Crippen molar-refractivity contribution in [1.82, 2.24) is 4.57 Å². The molecule has 1 saturated heterocycles. The SMILES string of the molecule is CCOC(=O)C1=C(C)N=c2s/c(=C/c3ccc(N4CCOCC4)cc3)c(=O)n2[C@@H]1c1c(OC)ccc2ccccc12. The van der Waals surface area contributed by atoms with Gasteiger partial charge in [0.15, 0.2) is 4.80 Å². The monoisotopic (exact) mass is 569 g/mol. The minimum absolute atomic E-state index is 0.208. The largest absolute Gasteiger partial charge is 0.496 e. The highest BCUT2D eigenvalue weighted by atomic mass is 32.1. The van der Waals surface area contributed by atoms with Crippen LogP contribution in [0.1, 0.15) is 31.0 Å².